The second kappa shape index (κ2) is 8.38. The van der Waals surface area contributed by atoms with E-state index in [9.17, 15) is 18.4 Å². The van der Waals surface area contributed by atoms with Crippen molar-refractivity contribution < 1.29 is 27.8 Å². The van der Waals surface area contributed by atoms with Crippen molar-refractivity contribution in [2.75, 3.05) is 20.8 Å². The number of carbonyl (C=O) groups is 2. The Morgan fingerprint density at radius 1 is 1.16 bits per heavy atom. The standard InChI is InChI=1S/C18H25F2NO4/c1-11(24-5)13-8-15(20)14(19)7-12(13)9-21(10-16(22)25-6)17(23)18(2,3)4/h7-8,11H,9-10H2,1-6H3. The fraction of sp³-hybridized carbons (Fsp3) is 0.556. The average molecular weight is 357 g/mol. The molecule has 0 aromatic heterocycles. The summed E-state index contributed by atoms with van der Waals surface area (Å²) in [6.07, 6.45) is -0.505. The van der Waals surface area contributed by atoms with Gasteiger partial charge in [-0.2, -0.15) is 0 Å². The molecule has 140 valence electrons. The molecule has 0 saturated heterocycles. The summed E-state index contributed by atoms with van der Waals surface area (Å²) in [6.45, 7) is 6.47. The molecule has 1 rings (SSSR count). The second-order valence-electron chi connectivity index (χ2n) is 6.83. The van der Waals surface area contributed by atoms with E-state index in [1.807, 2.05) is 0 Å². The molecule has 0 fully saturated rings. The zero-order valence-electron chi connectivity index (χ0n) is 15.5. The maximum absolute atomic E-state index is 13.7. The SMILES string of the molecule is COC(=O)CN(Cc1cc(F)c(F)cc1C(C)OC)C(=O)C(C)(C)C. The third kappa shape index (κ3) is 5.49. The first-order valence-corrected chi connectivity index (χ1v) is 7.88. The van der Waals surface area contributed by atoms with E-state index in [0.717, 1.165) is 12.1 Å². The van der Waals surface area contributed by atoms with Crippen molar-refractivity contribution in [3.05, 3.63) is 34.9 Å². The Morgan fingerprint density at radius 3 is 2.20 bits per heavy atom. The highest BCUT2D eigenvalue weighted by Gasteiger charge is 2.30. The second-order valence-corrected chi connectivity index (χ2v) is 6.83. The fourth-order valence-electron chi connectivity index (χ4n) is 2.35. The van der Waals surface area contributed by atoms with Gasteiger partial charge in [-0.3, -0.25) is 9.59 Å². The van der Waals surface area contributed by atoms with Crippen LogP contribution in [0.15, 0.2) is 12.1 Å². The first-order valence-electron chi connectivity index (χ1n) is 7.88. The average Bonchev–Trinajstić information content (AvgIpc) is 2.54. The van der Waals surface area contributed by atoms with Crippen LogP contribution in [0.25, 0.3) is 0 Å². The number of carbonyl (C=O) groups excluding carboxylic acids is 2. The number of hydrogen-bond donors (Lipinski definition) is 0. The summed E-state index contributed by atoms with van der Waals surface area (Å²) >= 11 is 0. The van der Waals surface area contributed by atoms with Crippen LogP contribution in [0.5, 0.6) is 0 Å². The maximum atomic E-state index is 13.7. The molecule has 0 aliphatic rings. The molecular weight excluding hydrogens is 332 g/mol. The summed E-state index contributed by atoms with van der Waals surface area (Å²) in [5.41, 5.74) is 0.0346. The number of benzene rings is 1. The molecule has 5 nitrogen and oxygen atoms in total. The molecule has 0 bridgehead atoms. The van der Waals surface area contributed by atoms with Gasteiger partial charge < -0.3 is 14.4 Å². The monoisotopic (exact) mass is 357 g/mol. The molecule has 0 aliphatic carbocycles. The minimum atomic E-state index is -1.02. The highest BCUT2D eigenvalue weighted by atomic mass is 19.2. The van der Waals surface area contributed by atoms with Crippen molar-refractivity contribution >= 4 is 11.9 Å². The lowest BCUT2D eigenvalue weighted by Gasteiger charge is -2.30. The zero-order valence-corrected chi connectivity index (χ0v) is 15.5. The number of hydrogen-bond acceptors (Lipinski definition) is 4. The quantitative estimate of drug-likeness (QED) is 0.734. The number of halogens is 2. The van der Waals surface area contributed by atoms with E-state index < -0.39 is 29.1 Å². The molecule has 7 heteroatoms. The van der Waals surface area contributed by atoms with Crippen molar-refractivity contribution in [3.63, 3.8) is 0 Å². The van der Waals surface area contributed by atoms with Gasteiger partial charge in [-0.15, -0.1) is 0 Å². The predicted molar refractivity (Wildman–Crippen MR) is 88.7 cm³/mol. The highest BCUT2D eigenvalue weighted by molar-refractivity contribution is 5.85. The molecule has 1 aromatic rings. The fourth-order valence-corrected chi connectivity index (χ4v) is 2.35. The van der Waals surface area contributed by atoms with Gasteiger partial charge in [0.25, 0.3) is 0 Å². The van der Waals surface area contributed by atoms with E-state index in [2.05, 4.69) is 4.74 Å². The van der Waals surface area contributed by atoms with Gasteiger partial charge in [0, 0.05) is 19.1 Å². The lowest BCUT2D eigenvalue weighted by atomic mass is 9.94. The van der Waals surface area contributed by atoms with Crippen molar-refractivity contribution in [3.8, 4) is 0 Å². The summed E-state index contributed by atoms with van der Waals surface area (Å²) in [4.78, 5) is 25.6. The van der Waals surface area contributed by atoms with Gasteiger partial charge in [-0.1, -0.05) is 20.8 Å². The van der Waals surface area contributed by atoms with E-state index in [4.69, 9.17) is 4.74 Å². The normalized spacial score (nSPS) is 12.6. The van der Waals surface area contributed by atoms with E-state index in [0.29, 0.717) is 11.1 Å². The van der Waals surface area contributed by atoms with Crippen LogP contribution in [0.3, 0.4) is 0 Å². The smallest absolute Gasteiger partial charge is 0.325 e. The highest BCUT2D eigenvalue weighted by Crippen LogP contribution is 2.26. The van der Waals surface area contributed by atoms with Crippen LogP contribution < -0.4 is 0 Å². The van der Waals surface area contributed by atoms with Gasteiger partial charge in [-0.25, -0.2) is 8.78 Å². The van der Waals surface area contributed by atoms with Crippen molar-refractivity contribution in [2.24, 2.45) is 5.41 Å². The number of rotatable bonds is 6. The molecular formula is C18H25F2NO4. The first kappa shape index (κ1) is 21.0. The molecule has 25 heavy (non-hydrogen) atoms. The van der Waals surface area contributed by atoms with Crippen LogP contribution in [0.1, 0.15) is 44.9 Å². The van der Waals surface area contributed by atoms with E-state index >= 15 is 0 Å². The third-order valence-electron chi connectivity index (χ3n) is 3.81. The van der Waals surface area contributed by atoms with Gasteiger partial charge >= 0.3 is 5.97 Å². The van der Waals surface area contributed by atoms with Crippen LogP contribution >= 0.6 is 0 Å². The summed E-state index contributed by atoms with van der Waals surface area (Å²) < 4.78 is 37.2. The summed E-state index contributed by atoms with van der Waals surface area (Å²) in [7, 11) is 2.67. The molecule has 1 aromatic carbocycles. The van der Waals surface area contributed by atoms with Crippen molar-refractivity contribution in [2.45, 2.75) is 40.3 Å². The van der Waals surface area contributed by atoms with Crippen molar-refractivity contribution in [1.29, 1.82) is 0 Å². The predicted octanol–water partition coefficient (Wildman–Crippen LogP) is 3.22. The Labute approximate surface area is 146 Å². The van der Waals surface area contributed by atoms with Crippen LogP contribution in [-0.4, -0.2) is 37.5 Å². The van der Waals surface area contributed by atoms with Gasteiger partial charge in [0.1, 0.15) is 6.54 Å². The molecule has 1 unspecified atom stereocenters. The van der Waals surface area contributed by atoms with Gasteiger partial charge in [0.15, 0.2) is 11.6 Å². The molecule has 0 spiro atoms. The number of nitrogens with zero attached hydrogens (tertiary/aromatic N) is 1. The largest absolute Gasteiger partial charge is 0.468 e. The molecule has 0 N–H and O–H groups in total. The van der Waals surface area contributed by atoms with Crippen LogP contribution in [0.4, 0.5) is 8.78 Å². The van der Waals surface area contributed by atoms with Crippen LogP contribution in [0.2, 0.25) is 0 Å². The van der Waals surface area contributed by atoms with E-state index in [-0.39, 0.29) is 19.0 Å². The summed E-state index contributed by atoms with van der Waals surface area (Å²) in [5.74, 6) is -2.92. The van der Waals surface area contributed by atoms with E-state index in [1.54, 1.807) is 27.7 Å². The molecule has 1 atom stereocenters. The number of amides is 1. The molecule has 0 radical (unpaired) electrons. The van der Waals surface area contributed by atoms with Gasteiger partial charge in [0.05, 0.1) is 13.2 Å². The minimum Gasteiger partial charge on any atom is -0.468 e. The Hall–Kier alpha value is -2.02. The lowest BCUT2D eigenvalue weighted by molar-refractivity contribution is -0.150. The molecule has 0 heterocycles. The third-order valence-corrected chi connectivity index (χ3v) is 3.81. The lowest BCUT2D eigenvalue weighted by Crippen LogP contribution is -2.42. The Bertz CT molecular complexity index is 641. The Morgan fingerprint density at radius 2 is 1.72 bits per heavy atom. The molecule has 1 amide bonds. The number of methoxy groups -OCH3 is 2. The molecule has 0 saturated carbocycles. The minimum absolute atomic E-state index is 0.0641. The number of ether oxygens (including phenoxy) is 2. The maximum Gasteiger partial charge on any atom is 0.325 e. The van der Waals surface area contributed by atoms with E-state index in [1.165, 1.54) is 19.1 Å². The topological polar surface area (TPSA) is 55.8 Å². The number of esters is 1. The first-order chi connectivity index (χ1) is 11.5. The summed E-state index contributed by atoms with van der Waals surface area (Å²) in [6, 6.07) is 2.08. The van der Waals surface area contributed by atoms with Crippen LogP contribution in [-0.2, 0) is 25.6 Å². The zero-order chi connectivity index (χ0) is 19.4. The van der Waals surface area contributed by atoms with Gasteiger partial charge in [-0.05, 0) is 30.2 Å². The van der Waals surface area contributed by atoms with Crippen molar-refractivity contribution in [1.82, 2.24) is 4.90 Å². The van der Waals surface area contributed by atoms with Crippen LogP contribution in [0, 0.1) is 17.0 Å². The van der Waals surface area contributed by atoms with Gasteiger partial charge in [0.2, 0.25) is 5.91 Å². The Balaban J connectivity index is 3.29. The summed E-state index contributed by atoms with van der Waals surface area (Å²) in [5, 5.41) is 0. The Kier molecular flexibility index (Phi) is 7.05. The molecule has 0 aliphatic heterocycles.